The number of alkyl halides is 3. The molecule has 2 N–H and O–H groups in total. The Hall–Kier alpha value is -0.360. The standard InChI is InChI=1S/C9H17F3N2S/c1-2-14(7-9(10,11)12)6-4-3-5-8(13)15/h2-7H2,1H3,(H2,13,15). The van der Waals surface area contributed by atoms with Gasteiger partial charge < -0.3 is 5.73 Å². The Morgan fingerprint density at radius 3 is 2.33 bits per heavy atom. The van der Waals surface area contributed by atoms with Gasteiger partial charge in [-0.3, -0.25) is 4.90 Å². The van der Waals surface area contributed by atoms with Crippen molar-refractivity contribution in [2.75, 3.05) is 19.6 Å². The summed E-state index contributed by atoms with van der Waals surface area (Å²) in [7, 11) is 0. The number of hydrogen-bond acceptors (Lipinski definition) is 2. The smallest absolute Gasteiger partial charge is 0.393 e. The Balaban J connectivity index is 3.67. The zero-order valence-electron chi connectivity index (χ0n) is 8.81. The van der Waals surface area contributed by atoms with Crippen LogP contribution in [-0.4, -0.2) is 35.7 Å². The summed E-state index contributed by atoms with van der Waals surface area (Å²) in [6.45, 7) is 1.74. The summed E-state index contributed by atoms with van der Waals surface area (Å²) in [6, 6.07) is 0. The minimum Gasteiger partial charge on any atom is -0.393 e. The number of thiocarbonyl (C=S) groups is 1. The number of halogens is 3. The fourth-order valence-electron chi connectivity index (χ4n) is 1.24. The van der Waals surface area contributed by atoms with E-state index in [2.05, 4.69) is 12.2 Å². The lowest BCUT2D eigenvalue weighted by atomic mass is 10.2. The van der Waals surface area contributed by atoms with Crippen LogP contribution in [0.5, 0.6) is 0 Å². The summed E-state index contributed by atoms with van der Waals surface area (Å²) in [5, 5.41) is 0. The molecule has 0 aromatic rings. The van der Waals surface area contributed by atoms with Crippen LogP contribution in [-0.2, 0) is 0 Å². The van der Waals surface area contributed by atoms with Crippen molar-refractivity contribution < 1.29 is 13.2 Å². The van der Waals surface area contributed by atoms with E-state index >= 15 is 0 Å². The van der Waals surface area contributed by atoms with Gasteiger partial charge in [-0.25, -0.2) is 0 Å². The molecule has 0 aliphatic rings. The van der Waals surface area contributed by atoms with E-state index in [1.165, 1.54) is 4.90 Å². The summed E-state index contributed by atoms with van der Waals surface area (Å²) in [6.07, 6.45) is -2.05. The van der Waals surface area contributed by atoms with Crippen molar-refractivity contribution in [3.63, 3.8) is 0 Å². The van der Waals surface area contributed by atoms with Crippen molar-refractivity contribution in [3.05, 3.63) is 0 Å². The first kappa shape index (κ1) is 14.6. The maximum Gasteiger partial charge on any atom is 0.401 e. The second-order valence-electron chi connectivity index (χ2n) is 3.41. The number of nitrogens with zero attached hydrogens (tertiary/aromatic N) is 1. The molecule has 0 unspecified atom stereocenters. The van der Waals surface area contributed by atoms with Crippen LogP contribution in [0.15, 0.2) is 0 Å². The van der Waals surface area contributed by atoms with Crippen LogP contribution in [0.3, 0.4) is 0 Å². The number of rotatable bonds is 7. The van der Waals surface area contributed by atoms with Crippen molar-refractivity contribution >= 4 is 17.2 Å². The highest BCUT2D eigenvalue weighted by molar-refractivity contribution is 7.80. The van der Waals surface area contributed by atoms with E-state index in [0.29, 0.717) is 30.9 Å². The van der Waals surface area contributed by atoms with Crippen LogP contribution in [0.25, 0.3) is 0 Å². The third-order valence-corrected chi connectivity index (χ3v) is 2.20. The minimum absolute atomic E-state index is 0.409. The molecule has 0 aliphatic heterocycles. The molecule has 0 saturated carbocycles. The zero-order chi connectivity index (χ0) is 11.9. The molecular formula is C9H17F3N2S. The molecule has 90 valence electrons. The van der Waals surface area contributed by atoms with Gasteiger partial charge in [-0.15, -0.1) is 0 Å². The Morgan fingerprint density at radius 2 is 1.93 bits per heavy atom. The minimum atomic E-state index is -4.11. The second kappa shape index (κ2) is 7.00. The van der Waals surface area contributed by atoms with Gasteiger partial charge in [0.25, 0.3) is 0 Å². The SMILES string of the molecule is CCN(CCCCC(N)=S)CC(F)(F)F. The molecule has 2 nitrogen and oxygen atoms in total. The van der Waals surface area contributed by atoms with Gasteiger partial charge >= 0.3 is 6.18 Å². The molecule has 0 aromatic carbocycles. The van der Waals surface area contributed by atoms with Crippen molar-refractivity contribution in [1.29, 1.82) is 0 Å². The maximum absolute atomic E-state index is 12.0. The number of nitrogens with two attached hydrogens (primary N) is 1. The Labute approximate surface area is 93.6 Å². The number of unbranched alkanes of at least 4 members (excludes halogenated alkanes) is 1. The van der Waals surface area contributed by atoms with Gasteiger partial charge in [-0.1, -0.05) is 19.1 Å². The molecule has 0 rings (SSSR count). The quantitative estimate of drug-likeness (QED) is 0.549. The largest absolute Gasteiger partial charge is 0.401 e. The zero-order valence-corrected chi connectivity index (χ0v) is 9.63. The van der Waals surface area contributed by atoms with E-state index in [0.717, 1.165) is 6.42 Å². The van der Waals surface area contributed by atoms with Gasteiger partial charge in [0.2, 0.25) is 0 Å². The first-order valence-electron chi connectivity index (χ1n) is 4.92. The molecule has 0 radical (unpaired) electrons. The molecule has 0 aromatic heterocycles. The monoisotopic (exact) mass is 242 g/mol. The van der Waals surface area contributed by atoms with E-state index in [4.69, 9.17) is 5.73 Å². The van der Waals surface area contributed by atoms with Crippen molar-refractivity contribution in [3.8, 4) is 0 Å². The average Bonchev–Trinajstić information content (AvgIpc) is 2.08. The molecular weight excluding hydrogens is 225 g/mol. The summed E-state index contributed by atoms with van der Waals surface area (Å²) >= 11 is 4.67. The highest BCUT2D eigenvalue weighted by Crippen LogP contribution is 2.16. The molecule has 0 aliphatic carbocycles. The van der Waals surface area contributed by atoms with Crippen LogP contribution >= 0.6 is 12.2 Å². The molecule has 0 saturated heterocycles. The van der Waals surface area contributed by atoms with Gasteiger partial charge in [0, 0.05) is 0 Å². The first-order chi connectivity index (χ1) is 6.85. The van der Waals surface area contributed by atoms with Crippen molar-refractivity contribution in [2.24, 2.45) is 5.73 Å². The summed E-state index contributed by atoms with van der Waals surface area (Å²) in [5.41, 5.74) is 5.28. The van der Waals surface area contributed by atoms with Crippen molar-refractivity contribution in [1.82, 2.24) is 4.90 Å². The fraction of sp³-hybridized carbons (Fsp3) is 0.889. The Bertz CT molecular complexity index is 194. The maximum atomic E-state index is 12.0. The Morgan fingerprint density at radius 1 is 1.33 bits per heavy atom. The molecule has 0 fully saturated rings. The molecule has 6 heteroatoms. The van der Waals surface area contributed by atoms with E-state index in [1.54, 1.807) is 6.92 Å². The third kappa shape index (κ3) is 9.93. The highest BCUT2D eigenvalue weighted by Gasteiger charge is 2.29. The fourth-order valence-corrected chi connectivity index (χ4v) is 1.38. The van der Waals surface area contributed by atoms with Gasteiger partial charge in [0.05, 0.1) is 11.5 Å². The van der Waals surface area contributed by atoms with E-state index in [9.17, 15) is 13.2 Å². The molecule has 0 spiro atoms. The van der Waals surface area contributed by atoms with Gasteiger partial charge in [-0.05, 0) is 32.4 Å². The van der Waals surface area contributed by atoms with Gasteiger partial charge in [-0.2, -0.15) is 13.2 Å². The van der Waals surface area contributed by atoms with E-state index in [-0.39, 0.29) is 0 Å². The number of hydrogen-bond donors (Lipinski definition) is 1. The van der Waals surface area contributed by atoms with Crippen LogP contribution < -0.4 is 5.73 Å². The lowest BCUT2D eigenvalue weighted by molar-refractivity contribution is -0.145. The normalized spacial score (nSPS) is 12.1. The van der Waals surface area contributed by atoms with Crippen LogP contribution in [0.4, 0.5) is 13.2 Å². The molecule has 15 heavy (non-hydrogen) atoms. The summed E-state index contributed by atoms with van der Waals surface area (Å²) < 4.78 is 36.1. The van der Waals surface area contributed by atoms with Crippen molar-refractivity contribution in [2.45, 2.75) is 32.4 Å². The highest BCUT2D eigenvalue weighted by atomic mass is 32.1. The summed E-state index contributed by atoms with van der Waals surface area (Å²) in [5.74, 6) is 0. The lowest BCUT2D eigenvalue weighted by Gasteiger charge is -2.21. The molecule has 0 amide bonds. The molecule has 0 bridgehead atoms. The van der Waals surface area contributed by atoms with E-state index < -0.39 is 12.7 Å². The average molecular weight is 242 g/mol. The van der Waals surface area contributed by atoms with Gasteiger partial charge in [0.15, 0.2) is 0 Å². The predicted octanol–water partition coefficient (Wildman–Crippen LogP) is 2.33. The van der Waals surface area contributed by atoms with Crippen LogP contribution in [0, 0.1) is 0 Å². The van der Waals surface area contributed by atoms with Crippen LogP contribution in [0.1, 0.15) is 26.2 Å². The van der Waals surface area contributed by atoms with Crippen LogP contribution in [0.2, 0.25) is 0 Å². The lowest BCUT2D eigenvalue weighted by Crippen LogP contribution is -2.34. The molecule has 0 atom stereocenters. The third-order valence-electron chi connectivity index (χ3n) is 2.00. The van der Waals surface area contributed by atoms with E-state index in [1.807, 2.05) is 0 Å². The topological polar surface area (TPSA) is 29.3 Å². The second-order valence-corrected chi connectivity index (χ2v) is 3.93. The Kier molecular flexibility index (Phi) is 6.84. The first-order valence-corrected chi connectivity index (χ1v) is 5.33. The van der Waals surface area contributed by atoms with Gasteiger partial charge in [0.1, 0.15) is 0 Å². The predicted molar refractivity (Wildman–Crippen MR) is 58.8 cm³/mol. The summed E-state index contributed by atoms with van der Waals surface area (Å²) in [4.78, 5) is 1.80. The molecule has 0 heterocycles.